The van der Waals surface area contributed by atoms with Gasteiger partial charge < -0.3 is 5.11 Å². The van der Waals surface area contributed by atoms with E-state index in [1.54, 1.807) is 6.07 Å². The van der Waals surface area contributed by atoms with Gasteiger partial charge in [-0.05, 0) is 69.8 Å². The first-order valence-electron chi connectivity index (χ1n) is 13.0. The fourth-order valence-electron chi connectivity index (χ4n) is 5.49. The zero-order valence-electron chi connectivity index (χ0n) is 21.7. The van der Waals surface area contributed by atoms with Crippen molar-refractivity contribution in [2.75, 3.05) is 0 Å². The van der Waals surface area contributed by atoms with Crippen LogP contribution in [0.25, 0.3) is 55.0 Å². The highest BCUT2D eigenvalue weighted by Gasteiger charge is 2.20. The third-order valence-corrected chi connectivity index (χ3v) is 7.34. The molecule has 0 spiro atoms. The molecule has 3 nitrogen and oxygen atoms in total. The largest absolute Gasteiger partial charge is 0.506 e. The van der Waals surface area contributed by atoms with E-state index in [9.17, 15) is 5.11 Å². The summed E-state index contributed by atoms with van der Waals surface area (Å²) in [5.41, 5.74) is 8.63. The normalized spacial score (nSPS) is 11.8. The minimum atomic E-state index is 0.194. The first kappa shape index (κ1) is 23.2. The van der Waals surface area contributed by atoms with Gasteiger partial charge in [0.05, 0.1) is 11.2 Å². The molecule has 182 valence electrons. The van der Waals surface area contributed by atoms with Gasteiger partial charge >= 0.3 is 0 Å². The zero-order valence-corrected chi connectivity index (χ0v) is 21.7. The Morgan fingerprint density at radius 2 is 1.32 bits per heavy atom. The van der Waals surface area contributed by atoms with Crippen molar-refractivity contribution in [2.24, 2.45) is 0 Å². The molecule has 1 N–H and O–H groups in total. The van der Waals surface area contributed by atoms with Crippen molar-refractivity contribution in [1.29, 1.82) is 0 Å². The highest BCUT2D eigenvalue weighted by atomic mass is 16.3. The van der Waals surface area contributed by atoms with Crippen molar-refractivity contribution < 1.29 is 5.11 Å². The molecule has 37 heavy (non-hydrogen) atoms. The molecule has 4 aromatic carbocycles. The van der Waals surface area contributed by atoms with Crippen LogP contribution in [-0.4, -0.2) is 15.1 Å². The molecular formula is C34H30N2O. The maximum atomic E-state index is 10.5. The number of para-hydroxylation sites is 1. The summed E-state index contributed by atoms with van der Waals surface area (Å²) in [7, 11) is 0. The number of aromatic hydroxyl groups is 1. The molecule has 0 atom stereocenters. The highest BCUT2D eigenvalue weighted by molar-refractivity contribution is 6.12. The fourth-order valence-corrected chi connectivity index (χ4v) is 5.49. The average molecular weight is 483 g/mol. The first-order chi connectivity index (χ1) is 17.9. The Morgan fingerprint density at radius 3 is 2.08 bits per heavy atom. The summed E-state index contributed by atoms with van der Waals surface area (Å²) in [4.78, 5) is 9.71. The summed E-state index contributed by atoms with van der Waals surface area (Å²) in [6.07, 6.45) is 1.86. The molecule has 0 aliphatic carbocycles. The lowest BCUT2D eigenvalue weighted by Gasteiger charge is -2.22. The minimum Gasteiger partial charge on any atom is -0.506 e. The van der Waals surface area contributed by atoms with Crippen LogP contribution in [0, 0.1) is 0 Å². The third kappa shape index (κ3) is 3.92. The van der Waals surface area contributed by atoms with Gasteiger partial charge in [0.1, 0.15) is 11.3 Å². The van der Waals surface area contributed by atoms with Crippen LogP contribution in [0.3, 0.4) is 0 Å². The van der Waals surface area contributed by atoms with Crippen LogP contribution in [0.1, 0.15) is 50.7 Å². The van der Waals surface area contributed by atoms with Crippen LogP contribution in [0.4, 0.5) is 0 Å². The van der Waals surface area contributed by atoms with E-state index in [1.807, 2.05) is 36.5 Å². The Hall–Kier alpha value is -4.24. The van der Waals surface area contributed by atoms with Gasteiger partial charge in [0.15, 0.2) is 0 Å². The summed E-state index contributed by atoms with van der Waals surface area (Å²) in [5.74, 6) is 0.947. The second-order valence-electron chi connectivity index (χ2n) is 10.4. The van der Waals surface area contributed by atoms with Crippen molar-refractivity contribution in [3.05, 3.63) is 102 Å². The Labute approximate surface area is 217 Å². The predicted molar refractivity (Wildman–Crippen MR) is 155 cm³/mol. The molecule has 0 radical (unpaired) electrons. The van der Waals surface area contributed by atoms with E-state index in [4.69, 9.17) is 9.97 Å². The minimum absolute atomic E-state index is 0.194. The number of hydrogen-bond acceptors (Lipinski definition) is 3. The molecule has 0 aliphatic heterocycles. The molecular weight excluding hydrogens is 452 g/mol. The topological polar surface area (TPSA) is 46.0 Å². The van der Waals surface area contributed by atoms with E-state index in [1.165, 1.54) is 27.6 Å². The standard InChI is InChI=1S/C34H30N2O/c1-20(2)25-10-6-11-26(21(3)4)32(25)28-18-24(30-16-14-23-8-5-12-31(37)34(23)36-30)19-29-27(28)15-13-22-9-7-17-35-33(22)29/h5-21,37H,1-4H3. The molecule has 2 aromatic heterocycles. The molecule has 0 amide bonds. The van der Waals surface area contributed by atoms with Gasteiger partial charge in [-0.15, -0.1) is 0 Å². The maximum Gasteiger partial charge on any atom is 0.141 e. The van der Waals surface area contributed by atoms with Gasteiger partial charge in [-0.2, -0.15) is 0 Å². The van der Waals surface area contributed by atoms with Crippen LogP contribution in [0.5, 0.6) is 5.75 Å². The highest BCUT2D eigenvalue weighted by Crippen LogP contribution is 2.43. The Kier molecular flexibility index (Phi) is 5.64. The number of phenolic OH excluding ortho intramolecular Hbond substituents is 1. The molecule has 2 heterocycles. The number of fused-ring (bicyclic) bond motifs is 4. The number of nitrogens with zero attached hydrogens (tertiary/aromatic N) is 2. The smallest absolute Gasteiger partial charge is 0.141 e. The van der Waals surface area contributed by atoms with E-state index in [-0.39, 0.29) is 5.75 Å². The second-order valence-corrected chi connectivity index (χ2v) is 10.4. The molecule has 3 heteroatoms. The van der Waals surface area contributed by atoms with Crippen LogP contribution >= 0.6 is 0 Å². The van der Waals surface area contributed by atoms with Crippen molar-refractivity contribution in [2.45, 2.75) is 39.5 Å². The summed E-state index contributed by atoms with van der Waals surface area (Å²) in [6, 6.07) is 29.3. The zero-order chi connectivity index (χ0) is 25.7. The van der Waals surface area contributed by atoms with E-state index >= 15 is 0 Å². The van der Waals surface area contributed by atoms with Gasteiger partial charge in [-0.3, -0.25) is 4.98 Å². The first-order valence-corrected chi connectivity index (χ1v) is 13.0. The number of benzene rings is 4. The summed E-state index contributed by atoms with van der Waals surface area (Å²) >= 11 is 0. The van der Waals surface area contributed by atoms with Crippen molar-refractivity contribution in [1.82, 2.24) is 9.97 Å². The molecule has 0 saturated carbocycles. The monoisotopic (exact) mass is 482 g/mol. The van der Waals surface area contributed by atoms with Gasteiger partial charge in [0.25, 0.3) is 0 Å². The Bertz CT molecular complexity index is 1770. The maximum absolute atomic E-state index is 10.5. The third-order valence-electron chi connectivity index (χ3n) is 7.34. The van der Waals surface area contributed by atoms with Crippen LogP contribution in [-0.2, 0) is 0 Å². The van der Waals surface area contributed by atoms with E-state index in [2.05, 4.69) is 76.2 Å². The molecule has 0 saturated heterocycles. The van der Waals surface area contributed by atoms with E-state index < -0.39 is 0 Å². The Balaban J connectivity index is 1.75. The van der Waals surface area contributed by atoms with E-state index in [0.717, 1.165) is 32.9 Å². The van der Waals surface area contributed by atoms with Crippen molar-refractivity contribution in [3.8, 4) is 28.1 Å². The van der Waals surface area contributed by atoms with Crippen LogP contribution < -0.4 is 0 Å². The Morgan fingerprint density at radius 1 is 0.649 bits per heavy atom. The van der Waals surface area contributed by atoms with Gasteiger partial charge in [-0.1, -0.05) is 82.3 Å². The molecule has 6 aromatic rings. The lowest BCUT2D eigenvalue weighted by Crippen LogP contribution is -2.01. The number of aromatic nitrogens is 2. The molecule has 0 bridgehead atoms. The fraction of sp³-hybridized carbons (Fsp3) is 0.176. The average Bonchev–Trinajstić information content (AvgIpc) is 2.92. The van der Waals surface area contributed by atoms with Crippen LogP contribution in [0.2, 0.25) is 0 Å². The van der Waals surface area contributed by atoms with Crippen LogP contribution in [0.15, 0.2) is 91.1 Å². The molecule has 0 fully saturated rings. The quantitative estimate of drug-likeness (QED) is 0.255. The van der Waals surface area contributed by atoms with Gasteiger partial charge in [0.2, 0.25) is 0 Å². The number of pyridine rings is 2. The predicted octanol–water partition coefficient (Wildman–Crippen LogP) is 9.22. The molecule has 6 rings (SSSR count). The van der Waals surface area contributed by atoms with Crippen molar-refractivity contribution >= 4 is 32.6 Å². The van der Waals surface area contributed by atoms with Crippen molar-refractivity contribution in [3.63, 3.8) is 0 Å². The molecule has 0 aliphatic rings. The summed E-state index contributed by atoms with van der Waals surface area (Å²) in [6.45, 7) is 9.05. The summed E-state index contributed by atoms with van der Waals surface area (Å²) < 4.78 is 0. The SMILES string of the molecule is CC(C)c1cccc(C(C)C)c1-c1cc(-c2ccc3cccc(O)c3n2)cc2c1ccc1cccnc12. The number of phenols is 1. The lowest BCUT2D eigenvalue weighted by atomic mass is 9.82. The van der Waals surface area contributed by atoms with Gasteiger partial charge in [0, 0.05) is 27.9 Å². The van der Waals surface area contributed by atoms with E-state index in [0.29, 0.717) is 17.4 Å². The molecule has 0 unspecified atom stereocenters. The second kappa shape index (κ2) is 9.01. The number of hydrogen-bond donors (Lipinski definition) is 1. The summed E-state index contributed by atoms with van der Waals surface area (Å²) in [5, 5.41) is 14.8. The van der Waals surface area contributed by atoms with Gasteiger partial charge in [-0.25, -0.2) is 4.98 Å². The number of rotatable bonds is 4. The lowest BCUT2D eigenvalue weighted by molar-refractivity contribution is 0.480.